The molecule has 0 aromatic carbocycles. The van der Waals surface area contributed by atoms with Crippen molar-refractivity contribution in [2.45, 2.75) is 33.7 Å². The Morgan fingerprint density at radius 1 is 1.53 bits per heavy atom. The molecule has 0 fully saturated rings. The van der Waals surface area contributed by atoms with Gasteiger partial charge < -0.3 is 9.84 Å². The molecule has 0 aliphatic carbocycles. The third-order valence-corrected chi connectivity index (χ3v) is 2.22. The minimum Gasteiger partial charge on any atom is -0.461 e. The van der Waals surface area contributed by atoms with Crippen LogP contribution in [0.3, 0.4) is 0 Å². The van der Waals surface area contributed by atoms with E-state index in [-0.39, 0.29) is 12.3 Å². The van der Waals surface area contributed by atoms with Gasteiger partial charge in [-0.1, -0.05) is 19.1 Å². The third kappa shape index (κ3) is 3.52. The van der Waals surface area contributed by atoms with Crippen molar-refractivity contribution >= 4 is 5.97 Å². The average Bonchev–Trinajstić information content (AvgIpc) is 2.62. The number of aromatic nitrogens is 3. The van der Waals surface area contributed by atoms with E-state index in [4.69, 9.17) is 9.84 Å². The Kier molecular flexibility index (Phi) is 5.09. The molecular formula is C11H19N3O3. The molecule has 0 unspecified atom stereocenters. The molecule has 1 aromatic rings. The first-order valence-electron chi connectivity index (χ1n) is 5.80. The van der Waals surface area contributed by atoms with Gasteiger partial charge in [-0.3, -0.25) is 0 Å². The summed E-state index contributed by atoms with van der Waals surface area (Å²) in [5, 5.41) is 16.6. The highest BCUT2D eigenvalue weighted by Crippen LogP contribution is 2.13. The fourth-order valence-electron chi connectivity index (χ4n) is 1.55. The van der Waals surface area contributed by atoms with Gasteiger partial charge in [-0.2, -0.15) is 0 Å². The zero-order chi connectivity index (χ0) is 12.8. The van der Waals surface area contributed by atoms with E-state index < -0.39 is 5.97 Å². The average molecular weight is 241 g/mol. The molecule has 0 amide bonds. The molecule has 1 heterocycles. The molecule has 0 saturated heterocycles. The maximum Gasteiger partial charge on any atom is 0.360 e. The number of rotatable bonds is 6. The minimum absolute atomic E-state index is 0.0310. The Morgan fingerprint density at radius 3 is 2.76 bits per heavy atom. The fourth-order valence-corrected chi connectivity index (χ4v) is 1.55. The highest BCUT2D eigenvalue weighted by atomic mass is 16.5. The van der Waals surface area contributed by atoms with Gasteiger partial charge in [0.1, 0.15) is 0 Å². The highest BCUT2D eigenvalue weighted by Gasteiger charge is 2.21. The maximum atomic E-state index is 11.7. The van der Waals surface area contributed by atoms with Crippen molar-refractivity contribution in [2.75, 3.05) is 13.2 Å². The van der Waals surface area contributed by atoms with Crippen molar-refractivity contribution in [3.63, 3.8) is 0 Å². The molecule has 1 N–H and O–H groups in total. The van der Waals surface area contributed by atoms with E-state index in [9.17, 15) is 4.79 Å². The van der Waals surface area contributed by atoms with Gasteiger partial charge in [0.15, 0.2) is 5.69 Å². The van der Waals surface area contributed by atoms with Crippen LogP contribution in [0.5, 0.6) is 0 Å². The fraction of sp³-hybridized carbons (Fsp3) is 0.727. The summed E-state index contributed by atoms with van der Waals surface area (Å²) in [6, 6.07) is 0. The van der Waals surface area contributed by atoms with E-state index >= 15 is 0 Å². The van der Waals surface area contributed by atoms with Crippen LogP contribution in [0, 0.1) is 5.92 Å². The first kappa shape index (κ1) is 13.6. The molecule has 96 valence electrons. The molecule has 0 aliphatic heterocycles. The van der Waals surface area contributed by atoms with Crippen molar-refractivity contribution < 1.29 is 14.6 Å². The van der Waals surface area contributed by atoms with Gasteiger partial charge in [-0.05, 0) is 19.3 Å². The van der Waals surface area contributed by atoms with Crippen molar-refractivity contribution in [3.05, 3.63) is 11.4 Å². The Morgan fingerprint density at radius 2 is 2.24 bits per heavy atom. The van der Waals surface area contributed by atoms with Crippen LogP contribution in [0.15, 0.2) is 0 Å². The second-order valence-corrected chi connectivity index (χ2v) is 4.15. The summed E-state index contributed by atoms with van der Waals surface area (Å²) in [5.74, 6) is -0.0774. The lowest BCUT2D eigenvalue weighted by molar-refractivity contribution is 0.0517. The summed E-state index contributed by atoms with van der Waals surface area (Å²) in [7, 11) is 0. The molecule has 0 radical (unpaired) electrons. The van der Waals surface area contributed by atoms with Crippen LogP contribution in [-0.4, -0.2) is 39.3 Å². The number of aliphatic hydroxyl groups is 1. The van der Waals surface area contributed by atoms with Crippen LogP contribution >= 0.6 is 0 Å². The van der Waals surface area contributed by atoms with Crippen LogP contribution in [0.1, 0.15) is 37.0 Å². The smallest absolute Gasteiger partial charge is 0.360 e. The number of esters is 1. The molecule has 0 bridgehead atoms. The van der Waals surface area contributed by atoms with Crippen LogP contribution < -0.4 is 0 Å². The van der Waals surface area contributed by atoms with Crippen molar-refractivity contribution in [1.82, 2.24) is 15.0 Å². The molecule has 0 aliphatic rings. The summed E-state index contributed by atoms with van der Waals surface area (Å²) in [4.78, 5) is 11.7. The summed E-state index contributed by atoms with van der Waals surface area (Å²) in [6.07, 6.45) is 0.682. The van der Waals surface area contributed by atoms with E-state index in [0.29, 0.717) is 25.5 Å². The molecule has 6 nitrogen and oxygen atoms in total. The second kappa shape index (κ2) is 6.34. The van der Waals surface area contributed by atoms with E-state index in [2.05, 4.69) is 10.3 Å². The number of hydrogen-bond acceptors (Lipinski definition) is 5. The van der Waals surface area contributed by atoms with Crippen molar-refractivity contribution in [1.29, 1.82) is 0 Å². The molecule has 0 atom stereocenters. The number of hydrogen-bond donors (Lipinski definition) is 1. The lowest BCUT2D eigenvalue weighted by Crippen LogP contribution is -2.14. The molecule has 0 saturated carbocycles. The second-order valence-electron chi connectivity index (χ2n) is 4.15. The van der Waals surface area contributed by atoms with Gasteiger partial charge in [0.05, 0.1) is 25.5 Å². The topological polar surface area (TPSA) is 77.2 Å². The van der Waals surface area contributed by atoms with Crippen LogP contribution in [0.4, 0.5) is 0 Å². The zero-order valence-corrected chi connectivity index (χ0v) is 10.5. The van der Waals surface area contributed by atoms with Gasteiger partial charge in [0.25, 0.3) is 0 Å². The van der Waals surface area contributed by atoms with Gasteiger partial charge >= 0.3 is 5.97 Å². The van der Waals surface area contributed by atoms with E-state index in [1.54, 1.807) is 11.6 Å². The monoisotopic (exact) mass is 241 g/mol. The van der Waals surface area contributed by atoms with Gasteiger partial charge in [-0.25, -0.2) is 9.48 Å². The Bertz CT molecular complexity index is 374. The molecule has 1 rings (SSSR count). The summed E-state index contributed by atoms with van der Waals surface area (Å²) in [6.45, 7) is 6.46. The third-order valence-electron chi connectivity index (χ3n) is 2.22. The Balaban J connectivity index is 2.99. The quantitative estimate of drug-likeness (QED) is 0.740. The van der Waals surface area contributed by atoms with Gasteiger partial charge in [0, 0.05) is 0 Å². The lowest BCUT2D eigenvalue weighted by Gasteiger charge is -2.08. The number of carbonyl (C=O) groups excluding carboxylic acids is 1. The summed E-state index contributed by atoms with van der Waals surface area (Å²) < 4.78 is 6.49. The zero-order valence-electron chi connectivity index (χ0n) is 10.5. The number of carbonyl (C=O) groups is 1. The first-order chi connectivity index (χ1) is 8.10. The largest absolute Gasteiger partial charge is 0.461 e. The van der Waals surface area contributed by atoms with Crippen molar-refractivity contribution in [3.8, 4) is 0 Å². The number of aliphatic hydroxyl groups excluding tert-OH is 1. The summed E-state index contributed by atoms with van der Waals surface area (Å²) >= 11 is 0. The number of nitrogens with zero attached hydrogens (tertiary/aromatic N) is 3. The maximum absolute atomic E-state index is 11.7. The van der Waals surface area contributed by atoms with E-state index in [0.717, 1.165) is 5.69 Å². The highest BCUT2D eigenvalue weighted by molar-refractivity contribution is 5.88. The van der Waals surface area contributed by atoms with Crippen LogP contribution in [0.2, 0.25) is 0 Å². The molecule has 1 aromatic heterocycles. The predicted molar refractivity (Wildman–Crippen MR) is 61.6 cm³/mol. The Hall–Kier alpha value is -1.43. The lowest BCUT2D eigenvalue weighted by atomic mass is 10.1. The molecule has 17 heavy (non-hydrogen) atoms. The molecular weight excluding hydrogens is 222 g/mol. The first-order valence-corrected chi connectivity index (χ1v) is 5.80. The summed E-state index contributed by atoms with van der Waals surface area (Å²) in [5.41, 5.74) is 0.988. The van der Waals surface area contributed by atoms with Crippen LogP contribution in [0.25, 0.3) is 0 Å². The van der Waals surface area contributed by atoms with Crippen molar-refractivity contribution in [2.24, 2.45) is 5.92 Å². The van der Waals surface area contributed by atoms with Gasteiger partial charge in [0.2, 0.25) is 0 Å². The van der Waals surface area contributed by atoms with Gasteiger partial charge in [-0.15, -0.1) is 5.10 Å². The SMILES string of the molecule is CCOC(=O)c1nnn(CCO)c1CC(C)C. The molecule has 6 heteroatoms. The normalized spacial score (nSPS) is 10.9. The van der Waals surface area contributed by atoms with Crippen LogP contribution in [-0.2, 0) is 17.7 Å². The predicted octanol–water partition coefficient (Wildman–Crippen LogP) is 0.646. The van der Waals surface area contributed by atoms with E-state index in [1.807, 2.05) is 13.8 Å². The standard InChI is InChI=1S/C11H19N3O3/c1-4-17-11(16)10-9(7-8(2)3)14(5-6-15)13-12-10/h8,15H,4-7H2,1-3H3. The van der Waals surface area contributed by atoms with E-state index in [1.165, 1.54) is 0 Å². The number of ether oxygens (including phenoxy) is 1. The minimum atomic E-state index is -0.452. The molecule has 0 spiro atoms. The Labute approximate surface area is 101 Å².